The fraction of sp³-hybridized carbons (Fsp3) is 0.278. The average molecular weight is 351 g/mol. The van der Waals surface area contributed by atoms with E-state index in [1.807, 2.05) is 31.2 Å². The van der Waals surface area contributed by atoms with E-state index in [4.69, 9.17) is 16.3 Å². The number of benzene rings is 2. The SMILES string of the molecule is CCC(NC(=O)NCc1ccc(F)c(Cl)c1)c1ccc(OC)cc1. The molecule has 1 unspecified atom stereocenters. The van der Waals surface area contributed by atoms with Gasteiger partial charge in [-0.2, -0.15) is 0 Å². The Morgan fingerprint density at radius 2 is 1.96 bits per heavy atom. The molecule has 2 aromatic carbocycles. The highest BCUT2D eigenvalue weighted by molar-refractivity contribution is 6.30. The number of hydrogen-bond donors (Lipinski definition) is 2. The van der Waals surface area contributed by atoms with E-state index >= 15 is 0 Å². The molecule has 0 spiro atoms. The molecule has 0 heterocycles. The normalized spacial score (nSPS) is 11.7. The summed E-state index contributed by atoms with van der Waals surface area (Å²) in [5.41, 5.74) is 1.73. The van der Waals surface area contributed by atoms with Crippen molar-refractivity contribution in [1.82, 2.24) is 10.6 Å². The summed E-state index contributed by atoms with van der Waals surface area (Å²) in [7, 11) is 1.61. The fourth-order valence-electron chi connectivity index (χ4n) is 2.30. The molecule has 0 fully saturated rings. The van der Waals surface area contributed by atoms with Gasteiger partial charge in [0.15, 0.2) is 0 Å². The molecule has 2 aromatic rings. The zero-order valence-corrected chi connectivity index (χ0v) is 14.4. The summed E-state index contributed by atoms with van der Waals surface area (Å²) in [5.74, 6) is 0.293. The number of carbonyl (C=O) groups excluding carboxylic acids is 1. The van der Waals surface area contributed by atoms with Crippen molar-refractivity contribution >= 4 is 17.6 Å². The van der Waals surface area contributed by atoms with E-state index in [1.165, 1.54) is 12.1 Å². The summed E-state index contributed by atoms with van der Waals surface area (Å²) in [4.78, 5) is 12.1. The van der Waals surface area contributed by atoms with Gasteiger partial charge in [0.1, 0.15) is 11.6 Å². The Morgan fingerprint density at radius 1 is 1.25 bits per heavy atom. The van der Waals surface area contributed by atoms with Crippen LogP contribution in [0.5, 0.6) is 5.75 Å². The van der Waals surface area contributed by atoms with Crippen LogP contribution in [0.3, 0.4) is 0 Å². The molecule has 0 aliphatic rings. The zero-order valence-electron chi connectivity index (χ0n) is 13.6. The van der Waals surface area contributed by atoms with Gasteiger partial charge in [-0.05, 0) is 41.8 Å². The lowest BCUT2D eigenvalue weighted by Crippen LogP contribution is -2.37. The molecule has 0 aliphatic heterocycles. The predicted octanol–water partition coefficient (Wildman–Crippen LogP) is 4.44. The molecule has 0 aliphatic carbocycles. The van der Waals surface area contributed by atoms with E-state index in [9.17, 15) is 9.18 Å². The molecule has 0 saturated carbocycles. The van der Waals surface area contributed by atoms with Gasteiger partial charge in [-0.15, -0.1) is 0 Å². The lowest BCUT2D eigenvalue weighted by Gasteiger charge is -2.18. The first kappa shape index (κ1) is 18.1. The predicted molar refractivity (Wildman–Crippen MR) is 92.8 cm³/mol. The van der Waals surface area contributed by atoms with Crippen LogP contribution in [0.25, 0.3) is 0 Å². The summed E-state index contributed by atoms with van der Waals surface area (Å²) in [5, 5.41) is 5.71. The number of nitrogens with one attached hydrogen (secondary N) is 2. The topological polar surface area (TPSA) is 50.4 Å². The van der Waals surface area contributed by atoms with Gasteiger partial charge in [-0.3, -0.25) is 0 Å². The van der Waals surface area contributed by atoms with E-state index in [0.29, 0.717) is 0 Å². The van der Waals surface area contributed by atoms with Crippen molar-refractivity contribution in [3.63, 3.8) is 0 Å². The Bertz CT molecular complexity index is 692. The lowest BCUT2D eigenvalue weighted by molar-refractivity contribution is 0.236. The van der Waals surface area contributed by atoms with Crippen molar-refractivity contribution in [3.05, 3.63) is 64.4 Å². The van der Waals surface area contributed by atoms with E-state index in [-0.39, 0.29) is 23.6 Å². The highest BCUT2D eigenvalue weighted by atomic mass is 35.5. The highest BCUT2D eigenvalue weighted by Gasteiger charge is 2.12. The molecule has 0 bridgehead atoms. The molecule has 4 nitrogen and oxygen atoms in total. The Hall–Kier alpha value is -2.27. The van der Waals surface area contributed by atoms with Gasteiger partial charge in [0.25, 0.3) is 0 Å². The van der Waals surface area contributed by atoms with Gasteiger partial charge < -0.3 is 15.4 Å². The number of urea groups is 1. The quantitative estimate of drug-likeness (QED) is 0.809. The molecule has 0 saturated heterocycles. The highest BCUT2D eigenvalue weighted by Crippen LogP contribution is 2.20. The van der Waals surface area contributed by atoms with Crippen LogP contribution in [0.1, 0.15) is 30.5 Å². The van der Waals surface area contributed by atoms with Crippen LogP contribution in [0.2, 0.25) is 5.02 Å². The van der Waals surface area contributed by atoms with Gasteiger partial charge in [0, 0.05) is 6.54 Å². The summed E-state index contributed by atoms with van der Waals surface area (Å²) in [6.07, 6.45) is 0.752. The van der Waals surface area contributed by atoms with E-state index < -0.39 is 5.82 Å². The molecule has 128 valence electrons. The number of amides is 2. The van der Waals surface area contributed by atoms with Crippen LogP contribution in [0.15, 0.2) is 42.5 Å². The van der Waals surface area contributed by atoms with Crippen molar-refractivity contribution in [2.45, 2.75) is 25.9 Å². The first-order valence-electron chi connectivity index (χ1n) is 7.65. The minimum atomic E-state index is -0.476. The monoisotopic (exact) mass is 350 g/mol. The number of ether oxygens (including phenoxy) is 1. The van der Waals surface area contributed by atoms with Crippen LogP contribution in [-0.4, -0.2) is 13.1 Å². The van der Waals surface area contributed by atoms with Gasteiger partial charge in [-0.25, -0.2) is 9.18 Å². The van der Waals surface area contributed by atoms with Gasteiger partial charge >= 0.3 is 6.03 Å². The third-order valence-corrected chi connectivity index (χ3v) is 3.96. The first-order chi connectivity index (χ1) is 11.5. The number of rotatable bonds is 6. The van der Waals surface area contributed by atoms with Crippen molar-refractivity contribution in [2.75, 3.05) is 7.11 Å². The molecule has 2 N–H and O–H groups in total. The fourth-order valence-corrected chi connectivity index (χ4v) is 2.50. The van der Waals surface area contributed by atoms with E-state index in [1.54, 1.807) is 13.2 Å². The second-order valence-corrected chi connectivity index (χ2v) is 5.72. The minimum Gasteiger partial charge on any atom is -0.497 e. The molecular weight excluding hydrogens is 331 g/mol. The van der Waals surface area contributed by atoms with Crippen LogP contribution in [0, 0.1) is 5.82 Å². The lowest BCUT2D eigenvalue weighted by atomic mass is 10.0. The molecule has 2 amide bonds. The second kappa shape index (κ2) is 8.55. The number of halogens is 2. The van der Waals surface area contributed by atoms with Crippen LogP contribution < -0.4 is 15.4 Å². The number of hydrogen-bond acceptors (Lipinski definition) is 2. The number of carbonyl (C=O) groups is 1. The van der Waals surface area contributed by atoms with Gasteiger partial charge in [0.05, 0.1) is 18.2 Å². The summed E-state index contributed by atoms with van der Waals surface area (Å²) < 4.78 is 18.2. The third-order valence-electron chi connectivity index (χ3n) is 3.67. The van der Waals surface area contributed by atoms with Crippen molar-refractivity contribution < 1.29 is 13.9 Å². The number of methoxy groups -OCH3 is 1. The van der Waals surface area contributed by atoms with E-state index in [2.05, 4.69) is 10.6 Å². The Labute approximate surface area is 146 Å². The molecule has 1 atom stereocenters. The molecule has 0 aromatic heterocycles. The molecule has 6 heteroatoms. The summed E-state index contributed by atoms with van der Waals surface area (Å²) in [6.45, 7) is 2.26. The maximum Gasteiger partial charge on any atom is 0.315 e. The van der Waals surface area contributed by atoms with Crippen molar-refractivity contribution in [1.29, 1.82) is 0 Å². The third kappa shape index (κ3) is 4.86. The summed E-state index contributed by atoms with van der Waals surface area (Å²) >= 11 is 5.73. The Balaban J connectivity index is 1.92. The maximum absolute atomic E-state index is 13.1. The Kier molecular flexibility index (Phi) is 6.44. The first-order valence-corrected chi connectivity index (χ1v) is 8.03. The van der Waals surface area contributed by atoms with Crippen LogP contribution >= 0.6 is 11.6 Å². The smallest absolute Gasteiger partial charge is 0.315 e. The molecule has 24 heavy (non-hydrogen) atoms. The average Bonchev–Trinajstić information content (AvgIpc) is 2.61. The van der Waals surface area contributed by atoms with Gasteiger partial charge in [0.2, 0.25) is 0 Å². The largest absolute Gasteiger partial charge is 0.497 e. The van der Waals surface area contributed by atoms with Crippen molar-refractivity contribution in [2.24, 2.45) is 0 Å². The molecule has 0 radical (unpaired) electrons. The maximum atomic E-state index is 13.1. The van der Waals surface area contributed by atoms with Crippen molar-refractivity contribution in [3.8, 4) is 5.75 Å². The van der Waals surface area contributed by atoms with Gasteiger partial charge in [-0.1, -0.05) is 36.7 Å². The molecule has 2 rings (SSSR count). The van der Waals surface area contributed by atoms with Crippen LogP contribution in [-0.2, 0) is 6.54 Å². The zero-order chi connectivity index (χ0) is 17.5. The standard InChI is InChI=1S/C18H20ClFN2O2/c1-3-17(13-5-7-14(24-2)8-6-13)22-18(23)21-11-12-4-9-16(20)15(19)10-12/h4-10,17H,3,11H2,1-2H3,(H2,21,22,23). The molecular formula is C18H20ClFN2O2. The summed E-state index contributed by atoms with van der Waals surface area (Å²) in [6, 6.07) is 11.5. The van der Waals surface area contributed by atoms with E-state index in [0.717, 1.165) is 23.3 Å². The minimum absolute atomic E-state index is 0.0411. The van der Waals surface area contributed by atoms with Crippen LogP contribution in [0.4, 0.5) is 9.18 Å². The Morgan fingerprint density at radius 3 is 2.54 bits per heavy atom. The second-order valence-electron chi connectivity index (χ2n) is 5.31.